The summed E-state index contributed by atoms with van der Waals surface area (Å²) in [6.45, 7) is 3.60. The van der Waals surface area contributed by atoms with Crippen molar-refractivity contribution in [2.24, 2.45) is 10.3 Å². The molecule has 8 nitrogen and oxygen atoms in total. The Hall–Kier alpha value is -2.16. The van der Waals surface area contributed by atoms with Gasteiger partial charge >= 0.3 is 5.97 Å². The van der Waals surface area contributed by atoms with E-state index in [4.69, 9.17) is 5.11 Å². The number of nitrogens with zero attached hydrogens (tertiary/aromatic N) is 2. The molecule has 9 heteroatoms. The molecule has 120 valence electrons. The Morgan fingerprint density at radius 3 is 2.64 bits per heavy atom. The van der Waals surface area contributed by atoms with Crippen LogP contribution >= 0.6 is 0 Å². The van der Waals surface area contributed by atoms with Crippen molar-refractivity contribution in [1.29, 1.82) is 0 Å². The minimum absolute atomic E-state index is 0.126. The standard InChI is InChI=1S/C13H17N3O5S/c1-8(2)11(13(18)19)14-12(17)9-3-4-10-15-22(20,21)6-5-16(10)7-9/h3-4,7-8,11H,5-6H2,1-2H3,(H,14,17)(H,18,19). The Morgan fingerprint density at radius 2 is 2.05 bits per heavy atom. The Kier molecular flexibility index (Phi) is 4.36. The molecule has 22 heavy (non-hydrogen) atoms. The molecule has 2 aliphatic rings. The van der Waals surface area contributed by atoms with Gasteiger partial charge in [0, 0.05) is 12.7 Å². The molecule has 0 saturated carbocycles. The monoisotopic (exact) mass is 327 g/mol. The smallest absolute Gasteiger partial charge is 0.326 e. The van der Waals surface area contributed by atoms with Gasteiger partial charge in [-0.1, -0.05) is 13.8 Å². The van der Waals surface area contributed by atoms with Crippen molar-refractivity contribution >= 4 is 27.7 Å². The van der Waals surface area contributed by atoms with Crippen molar-refractivity contribution in [3.05, 3.63) is 23.9 Å². The summed E-state index contributed by atoms with van der Waals surface area (Å²) in [4.78, 5) is 24.8. The third-order valence-electron chi connectivity index (χ3n) is 3.31. The number of carboxylic acid groups (broad SMARTS) is 1. The summed E-state index contributed by atoms with van der Waals surface area (Å²) in [6.07, 6.45) is 4.32. The number of hydrogen-bond acceptors (Lipinski definition) is 5. The molecule has 0 spiro atoms. The van der Waals surface area contributed by atoms with E-state index in [9.17, 15) is 18.0 Å². The van der Waals surface area contributed by atoms with Gasteiger partial charge in [-0.15, -0.1) is 4.40 Å². The summed E-state index contributed by atoms with van der Waals surface area (Å²) in [5.74, 6) is -1.76. The predicted octanol–water partition coefficient (Wildman–Crippen LogP) is -0.291. The number of hydrogen-bond donors (Lipinski definition) is 2. The molecule has 0 aliphatic carbocycles. The fraction of sp³-hybridized carbons (Fsp3) is 0.462. The molecule has 2 N–H and O–H groups in total. The van der Waals surface area contributed by atoms with Gasteiger partial charge in [0.15, 0.2) is 0 Å². The number of fused-ring (bicyclic) bond motifs is 1. The quantitative estimate of drug-likeness (QED) is 0.733. The fourth-order valence-corrected chi connectivity index (χ4v) is 3.04. The lowest BCUT2D eigenvalue weighted by Gasteiger charge is -2.27. The van der Waals surface area contributed by atoms with Gasteiger partial charge in [0.1, 0.15) is 11.9 Å². The molecule has 0 radical (unpaired) electrons. The molecule has 0 saturated heterocycles. The third kappa shape index (κ3) is 3.53. The van der Waals surface area contributed by atoms with Gasteiger partial charge < -0.3 is 15.3 Å². The number of carbonyl (C=O) groups is 2. The van der Waals surface area contributed by atoms with E-state index >= 15 is 0 Å². The van der Waals surface area contributed by atoms with Crippen LogP contribution < -0.4 is 5.32 Å². The summed E-state index contributed by atoms with van der Waals surface area (Å²) in [5.41, 5.74) is 0.255. The Morgan fingerprint density at radius 1 is 1.36 bits per heavy atom. The van der Waals surface area contributed by atoms with E-state index in [1.807, 2.05) is 0 Å². The van der Waals surface area contributed by atoms with Gasteiger partial charge in [0.25, 0.3) is 15.9 Å². The van der Waals surface area contributed by atoms with Gasteiger partial charge in [-0.2, -0.15) is 0 Å². The summed E-state index contributed by atoms with van der Waals surface area (Å²) in [7, 11) is -3.44. The van der Waals surface area contributed by atoms with E-state index < -0.39 is 27.9 Å². The number of carboxylic acids is 1. The first-order valence-electron chi connectivity index (χ1n) is 6.72. The number of rotatable bonds is 4. The summed E-state index contributed by atoms with van der Waals surface area (Å²) in [6, 6.07) is -0.987. The molecule has 2 rings (SSSR count). The number of aliphatic carboxylic acids is 1. The highest BCUT2D eigenvalue weighted by Crippen LogP contribution is 2.16. The second kappa shape index (κ2) is 5.91. The van der Waals surface area contributed by atoms with Crippen LogP contribution in [0.5, 0.6) is 0 Å². The van der Waals surface area contributed by atoms with Crippen LogP contribution in [0.3, 0.4) is 0 Å². The molecule has 1 unspecified atom stereocenters. The highest BCUT2D eigenvalue weighted by Gasteiger charge is 2.28. The average Bonchev–Trinajstić information content (AvgIpc) is 2.42. The van der Waals surface area contributed by atoms with Gasteiger partial charge in [-0.3, -0.25) is 4.79 Å². The SMILES string of the molecule is CC(C)C(NC(=O)C1=CN2CCS(=O)(=O)N=C2C=C1)C(=O)O. The fourth-order valence-electron chi connectivity index (χ4n) is 2.07. The van der Waals surface area contributed by atoms with E-state index in [2.05, 4.69) is 9.71 Å². The summed E-state index contributed by atoms with van der Waals surface area (Å²) >= 11 is 0. The van der Waals surface area contributed by atoms with Crippen molar-refractivity contribution in [2.75, 3.05) is 12.3 Å². The lowest BCUT2D eigenvalue weighted by Crippen LogP contribution is -2.45. The molecular formula is C13H17N3O5S. The van der Waals surface area contributed by atoms with Gasteiger partial charge in [0.2, 0.25) is 0 Å². The summed E-state index contributed by atoms with van der Waals surface area (Å²) < 4.78 is 26.4. The first kappa shape index (κ1) is 16.2. The van der Waals surface area contributed by atoms with Crippen molar-refractivity contribution in [3.63, 3.8) is 0 Å². The molecule has 0 aromatic heterocycles. The Labute approximate surface area is 128 Å². The molecule has 0 bridgehead atoms. The normalized spacial score (nSPS) is 20.8. The zero-order chi connectivity index (χ0) is 16.5. The van der Waals surface area contributed by atoms with E-state index in [1.54, 1.807) is 18.7 Å². The molecular weight excluding hydrogens is 310 g/mol. The van der Waals surface area contributed by atoms with Crippen LogP contribution in [0.2, 0.25) is 0 Å². The first-order chi connectivity index (χ1) is 10.2. The summed E-state index contributed by atoms with van der Waals surface area (Å²) in [5, 5.41) is 11.5. The molecule has 0 aromatic rings. The van der Waals surface area contributed by atoms with E-state index in [-0.39, 0.29) is 29.6 Å². The van der Waals surface area contributed by atoms with Crippen molar-refractivity contribution in [2.45, 2.75) is 19.9 Å². The molecule has 1 amide bonds. The van der Waals surface area contributed by atoms with Crippen LogP contribution in [-0.2, 0) is 19.6 Å². The van der Waals surface area contributed by atoms with E-state index in [0.717, 1.165) is 0 Å². The number of amides is 1. The van der Waals surface area contributed by atoms with E-state index in [0.29, 0.717) is 0 Å². The number of carbonyl (C=O) groups excluding carboxylic acids is 1. The van der Waals surface area contributed by atoms with Crippen LogP contribution in [0.4, 0.5) is 0 Å². The molecule has 2 aliphatic heterocycles. The van der Waals surface area contributed by atoms with Gasteiger partial charge in [-0.25, -0.2) is 13.2 Å². The zero-order valence-corrected chi connectivity index (χ0v) is 13.0. The average molecular weight is 327 g/mol. The minimum atomic E-state index is -3.44. The number of sulfonamides is 1. The maximum Gasteiger partial charge on any atom is 0.326 e. The van der Waals surface area contributed by atoms with Gasteiger partial charge in [-0.05, 0) is 18.1 Å². The zero-order valence-electron chi connectivity index (χ0n) is 12.2. The lowest BCUT2D eigenvalue weighted by molar-refractivity contribution is -0.142. The maximum absolute atomic E-state index is 12.1. The maximum atomic E-state index is 12.1. The Balaban J connectivity index is 2.15. The van der Waals surface area contributed by atoms with Crippen LogP contribution in [-0.4, -0.2) is 54.5 Å². The molecule has 2 heterocycles. The van der Waals surface area contributed by atoms with Crippen molar-refractivity contribution in [1.82, 2.24) is 10.2 Å². The lowest BCUT2D eigenvalue weighted by atomic mass is 10.0. The van der Waals surface area contributed by atoms with Gasteiger partial charge in [0.05, 0.1) is 11.3 Å². The van der Waals surface area contributed by atoms with Crippen LogP contribution in [0, 0.1) is 5.92 Å². The highest BCUT2D eigenvalue weighted by atomic mass is 32.2. The predicted molar refractivity (Wildman–Crippen MR) is 79.6 cm³/mol. The highest BCUT2D eigenvalue weighted by molar-refractivity contribution is 7.90. The van der Waals surface area contributed by atoms with E-state index in [1.165, 1.54) is 18.4 Å². The second-order valence-electron chi connectivity index (χ2n) is 5.38. The van der Waals surface area contributed by atoms with Crippen LogP contribution in [0.25, 0.3) is 0 Å². The first-order valence-corrected chi connectivity index (χ1v) is 8.33. The molecule has 0 fully saturated rings. The van der Waals surface area contributed by atoms with Crippen LogP contribution in [0.15, 0.2) is 28.3 Å². The largest absolute Gasteiger partial charge is 0.480 e. The number of nitrogens with one attached hydrogen (secondary N) is 1. The molecule has 1 atom stereocenters. The number of amidine groups is 1. The van der Waals surface area contributed by atoms with Crippen molar-refractivity contribution < 1.29 is 23.1 Å². The topological polar surface area (TPSA) is 116 Å². The second-order valence-corrected chi connectivity index (χ2v) is 7.13. The van der Waals surface area contributed by atoms with Crippen LogP contribution in [0.1, 0.15) is 13.8 Å². The third-order valence-corrected chi connectivity index (χ3v) is 4.47. The molecule has 0 aromatic carbocycles. The minimum Gasteiger partial charge on any atom is -0.480 e. The van der Waals surface area contributed by atoms with Crippen molar-refractivity contribution in [3.8, 4) is 0 Å². The Bertz CT molecular complexity index is 690.